The van der Waals surface area contributed by atoms with Crippen molar-refractivity contribution >= 4 is 23.8 Å². The lowest BCUT2D eigenvalue weighted by atomic mass is 10.0. The molecule has 2 aliphatic heterocycles. The van der Waals surface area contributed by atoms with Crippen molar-refractivity contribution in [1.29, 1.82) is 0 Å². The van der Waals surface area contributed by atoms with E-state index < -0.39 is 12.0 Å². The Kier molecular flexibility index (Phi) is 4.34. The van der Waals surface area contributed by atoms with E-state index in [-0.39, 0.29) is 12.1 Å². The molecule has 0 aromatic carbocycles. The molecule has 2 rings (SSSR count). The monoisotopic (exact) mass is 274 g/mol. The van der Waals surface area contributed by atoms with Gasteiger partial charge in [-0.2, -0.15) is 0 Å². The summed E-state index contributed by atoms with van der Waals surface area (Å²) in [5, 5.41) is 11.9. The topological polar surface area (TPSA) is 78.9 Å². The maximum atomic E-state index is 12.0. The molecular formula is C11H18N2O4S. The molecule has 7 heteroatoms. The number of thioether (sulfide) groups is 1. The minimum absolute atomic E-state index is 0.0139. The molecule has 2 heterocycles. The minimum Gasteiger partial charge on any atom is -0.480 e. The summed E-state index contributed by atoms with van der Waals surface area (Å²) in [5.74, 6) is 0.292. The van der Waals surface area contributed by atoms with Crippen LogP contribution in [-0.2, 0) is 9.53 Å². The van der Waals surface area contributed by atoms with Crippen molar-refractivity contribution in [3.05, 3.63) is 0 Å². The van der Waals surface area contributed by atoms with Gasteiger partial charge in [-0.25, -0.2) is 9.59 Å². The average Bonchev–Trinajstić information content (AvgIpc) is 3.00. The molecule has 0 aromatic heterocycles. The molecule has 102 valence electrons. The maximum absolute atomic E-state index is 12.0. The Hall–Kier alpha value is -0.950. The zero-order valence-electron chi connectivity index (χ0n) is 10.3. The van der Waals surface area contributed by atoms with Crippen molar-refractivity contribution in [2.24, 2.45) is 5.92 Å². The number of hydrogen-bond acceptors (Lipinski definition) is 4. The summed E-state index contributed by atoms with van der Waals surface area (Å²) in [6.45, 7) is 3.34. The Bertz CT molecular complexity index is 333. The highest BCUT2D eigenvalue weighted by molar-refractivity contribution is 7.99. The van der Waals surface area contributed by atoms with Crippen LogP contribution in [0.2, 0.25) is 0 Å². The van der Waals surface area contributed by atoms with Gasteiger partial charge in [0.05, 0.1) is 12.5 Å². The fourth-order valence-corrected chi connectivity index (χ4v) is 3.34. The van der Waals surface area contributed by atoms with Gasteiger partial charge in [-0.15, -0.1) is 11.8 Å². The van der Waals surface area contributed by atoms with Crippen LogP contribution in [-0.4, -0.2) is 58.9 Å². The van der Waals surface area contributed by atoms with Gasteiger partial charge in [-0.05, 0) is 13.3 Å². The van der Waals surface area contributed by atoms with Gasteiger partial charge >= 0.3 is 12.0 Å². The van der Waals surface area contributed by atoms with Crippen LogP contribution in [0.5, 0.6) is 0 Å². The van der Waals surface area contributed by atoms with Gasteiger partial charge in [0.15, 0.2) is 0 Å². The van der Waals surface area contributed by atoms with Gasteiger partial charge in [0, 0.05) is 24.3 Å². The molecule has 2 fully saturated rings. The van der Waals surface area contributed by atoms with Crippen LogP contribution in [0.3, 0.4) is 0 Å². The van der Waals surface area contributed by atoms with Gasteiger partial charge in [-0.3, -0.25) is 0 Å². The lowest BCUT2D eigenvalue weighted by Crippen LogP contribution is -2.50. The fourth-order valence-electron chi connectivity index (χ4n) is 2.19. The molecule has 2 saturated heterocycles. The molecular weight excluding hydrogens is 256 g/mol. The summed E-state index contributed by atoms with van der Waals surface area (Å²) in [6.07, 6.45) is 0.943. The third kappa shape index (κ3) is 2.89. The smallest absolute Gasteiger partial charge is 0.327 e. The fraction of sp³-hybridized carbons (Fsp3) is 0.818. The Labute approximate surface area is 110 Å². The number of aliphatic carboxylic acids is 1. The molecule has 0 aromatic rings. The van der Waals surface area contributed by atoms with Gasteiger partial charge in [0.2, 0.25) is 0 Å². The number of carboxylic acids is 1. The highest BCUT2D eigenvalue weighted by Gasteiger charge is 2.35. The van der Waals surface area contributed by atoms with Crippen LogP contribution in [0, 0.1) is 5.92 Å². The van der Waals surface area contributed by atoms with E-state index in [1.807, 2.05) is 6.92 Å². The highest BCUT2D eigenvalue weighted by Crippen LogP contribution is 2.22. The lowest BCUT2D eigenvalue weighted by molar-refractivity contribution is -0.140. The first kappa shape index (κ1) is 13.5. The van der Waals surface area contributed by atoms with E-state index in [9.17, 15) is 9.59 Å². The molecule has 2 aliphatic rings. The van der Waals surface area contributed by atoms with E-state index >= 15 is 0 Å². The first-order valence-corrected chi connectivity index (χ1v) is 7.20. The number of carbonyl (C=O) groups excluding carboxylic acids is 1. The van der Waals surface area contributed by atoms with E-state index in [1.54, 1.807) is 0 Å². The zero-order chi connectivity index (χ0) is 13.1. The molecule has 0 aliphatic carbocycles. The van der Waals surface area contributed by atoms with E-state index in [0.717, 1.165) is 13.0 Å². The van der Waals surface area contributed by atoms with Crippen molar-refractivity contribution in [3.63, 3.8) is 0 Å². The van der Waals surface area contributed by atoms with Gasteiger partial charge in [0.1, 0.15) is 6.04 Å². The Morgan fingerprint density at radius 3 is 2.94 bits per heavy atom. The molecule has 0 radical (unpaired) electrons. The number of carboxylic acid groups (broad SMARTS) is 1. The number of nitrogens with zero attached hydrogens (tertiary/aromatic N) is 1. The molecule has 18 heavy (non-hydrogen) atoms. The second-order valence-electron chi connectivity index (χ2n) is 4.69. The number of ether oxygens (including phenoxy) is 1. The first-order valence-electron chi connectivity index (χ1n) is 6.05. The normalized spacial score (nSPS) is 29.3. The molecule has 3 atom stereocenters. The molecule has 3 unspecified atom stereocenters. The number of nitrogens with one attached hydrogen (secondary N) is 1. The Morgan fingerprint density at radius 1 is 1.56 bits per heavy atom. The van der Waals surface area contributed by atoms with Crippen LogP contribution >= 0.6 is 11.8 Å². The Balaban J connectivity index is 1.88. The summed E-state index contributed by atoms with van der Waals surface area (Å²) in [6, 6.07) is -0.978. The third-order valence-corrected chi connectivity index (χ3v) is 4.46. The van der Waals surface area contributed by atoms with Crippen LogP contribution in [0.15, 0.2) is 0 Å². The second-order valence-corrected chi connectivity index (χ2v) is 5.69. The number of urea groups is 1. The van der Waals surface area contributed by atoms with E-state index in [4.69, 9.17) is 9.84 Å². The highest BCUT2D eigenvalue weighted by atomic mass is 32.2. The van der Waals surface area contributed by atoms with E-state index in [2.05, 4.69) is 5.32 Å². The van der Waals surface area contributed by atoms with E-state index in [1.165, 1.54) is 16.7 Å². The minimum atomic E-state index is -0.938. The van der Waals surface area contributed by atoms with Crippen molar-refractivity contribution in [2.75, 3.05) is 24.8 Å². The number of rotatable bonds is 3. The van der Waals surface area contributed by atoms with Crippen molar-refractivity contribution in [2.45, 2.75) is 25.4 Å². The SMILES string of the molecule is CC(NC(=O)N1CSCC1C(=O)O)C1CCOC1. The largest absolute Gasteiger partial charge is 0.480 e. The molecule has 0 saturated carbocycles. The molecule has 6 nitrogen and oxygen atoms in total. The van der Waals surface area contributed by atoms with Gasteiger partial charge in [-0.1, -0.05) is 0 Å². The van der Waals surface area contributed by atoms with Crippen molar-refractivity contribution in [3.8, 4) is 0 Å². The number of carbonyl (C=O) groups is 2. The van der Waals surface area contributed by atoms with Crippen LogP contribution in [0.4, 0.5) is 4.79 Å². The van der Waals surface area contributed by atoms with Crippen molar-refractivity contribution in [1.82, 2.24) is 10.2 Å². The molecule has 0 spiro atoms. The molecule has 0 bridgehead atoms. The molecule has 2 N–H and O–H groups in total. The summed E-state index contributed by atoms with van der Waals surface area (Å²) in [5.41, 5.74) is 0. The summed E-state index contributed by atoms with van der Waals surface area (Å²) < 4.78 is 5.28. The quantitative estimate of drug-likeness (QED) is 0.787. The Morgan fingerprint density at radius 2 is 2.33 bits per heavy atom. The maximum Gasteiger partial charge on any atom is 0.327 e. The van der Waals surface area contributed by atoms with Crippen LogP contribution < -0.4 is 5.32 Å². The second kappa shape index (κ2) is 5.79. The van der Waals surface area contributed by atoms with Crippen LogP contribution in [0.1, 0.15) is 13.3 Å². The number of hydrogen-bond donors (Lipinski definition) is 2. The van der Waals surface area contributed by atoms with Gasteiger partial charge in [0.25, 0.3) is 0 Å². The first-order chi connectivity index (χ1) is 8.59. The van der Waals surface area contributed by atoms with Crippen molar-refractivity contribution < 1.29 is 19.4 Å². The van der Waals surface area contributed by atoms with Crippen LogP contribution in [0.25, 0.3) is 0 Å². The zero-order valence-corrected chi connectivity index (χ0v) is 11.1. The summed E-state index contributed by atoms with van der Waals surface area (Å²) in [4.78, 5) is 24.4. The predicted octanol–water partition coefficient (Wildman–Crippen LogP) is 0.580. The average molecular weight is 274 g/mol. The lowest BCUT2D eigenvalue weighted by Gasteiger charge is -2.25. The summed E-state index contributed by atoms with van der Waals surface area (Å²) >= 11 is 1.47. The standard InChI is InChI=1S/C11H18N2O4S/c1-7(8-2-3-17-4-8)12-11(16)13-6-18-5-9(13)10(14)15/h7-9H,2-6H2,1H3,(H,12,16)(H,14,15). The molecule has 2 amide bonds. The van der Waals surface area contributed by atoms with Gasteiger partial charge < -0.3 is 20.1 Å². The third-order valence-electron chi connectivity index (χ3n) is 3.45. The number of amides is 2. The van der Waals surface area contributed by atoms with E-state index in [0.29, 0.717) is 24.2 Å². The summed E-state index contributed by atoms with van der Waals surface area (Å²) in [7, 11) is 0. The predicted molar refractivity (Wildman–Crippen MR) is 67.5 cm³/mol.